The summed E-state index contributed by atoms with van der Waals surface area (Å²) in [6.07, 6.45) is 2.30. The Labute approximate surface area is 97.2 Å². The van der Waals surface area contributed by atoms with Gasteiger partial charge in [0.15, 0.2) is 5.96 Å². The Morgan fingerprint density at radius 3 is 2.75 bits per heavy atom. The normalized spacial score (nSPS) is 25.1. The third-order valence-electron chi connectivity index (χ3n) is 3.82. The van der Waals surface area contributed by atoms with E-state index in [-0.39, 0.29) is 5.54 Å². The van der Waals surface area contributed by atoms with Crippen LogP contribution in [-0.2, 0) is 4.74 Å². The molecule has 0 aromatic rings. The predicted molar refractivity (Wildman–Crippen MR) is 64.5 cm³/mol. The SMILES string of the molecule is COCCN1C(N)=NCC12CCN(C)CC2. The molecule has 1 spiro atoms. The lowest BCUT2D eigenvalue weighted by Crippen LogP contribution is -2.57. The van der Waals surface area contributed by atoms with Crippen LogP contribution in [0, 0.1) is 0 Å². The molecule has 2 heterocycles. The van der Waals surface area contributed by atoms with Crippen molar-refractivity contribution in [1.29, 1.82) is 0 Å². The molecule has 2 aliphatic heterocycles. The summed E-state index contributed by atoms with van der Waals surface area (Å²) in [6, 6.07) is 0. The van der Waals surface area contributed by atoms with Gasteiger partial charge in [0.25, 0.3) is 0 Å². The maximum atomic E-state index is 5.97. The number of guanidine groups is 1. The van der Waals surface area contributed by atoms with Crippen molar-refractivity contribution in [2.75, 3.05) is 46.9 Å². The van der Waals surface area contributed by atoms with Gasteiger partial charge in [-0.3, -0.25) is 4.99 Å². The van der Waals surface area contributed by atoms with Crippen molar-refractivity contribution in [3.8, 4) is 0 Å². The fourth-order valence-electron chi connectivity index (χ4n) is 2.64. The largest absolute Gasteiger partial charge is 0.383 e. The summed E-state index contributed by atoms with van der Waals surface area (Å²) < 4.78 is 5.14. The third kappa shape index (κ3) is 2.01. The third-order valence-corrected chi connectivity index (χ3v) is 3.82. The number of hydrogen-bond acceptors (Lipinski definition) is 5. The van der Waals surface area contributed by atoms with Gasteiger partial charge in [-0.2, -0.15) is 0 Å². The van der Waals surface area contributed by atoms with Crippen LogP contribution in [-0.4, -0.2) is 68.2 Å². The lowest BCUT2D eigenvalue weighted by atomic mass is 9.87. The molecule has 0 aromatic carbocycles. The molecule has 0 unspecified atom stereocenters. The second kappa shape index (κ2) is 4.59. The Morgan fingerprint density at radius 2 is 2.12 bits per heavy atom. The highest BCUT2D eigenvalue weighted by molar-refractivity contribution is 5.81. The second-order valence-corrected chi connectivity index (χ2v) is 4.85. The number of aliphatic imine (C=N–C) groups is 1. The minimum absolute atomic E-state index is 0.176. The molecule has 0 radical (unpaired) electrons. The highest BCUT2D eigenvalue weighted by Crippen LogP contribution is 2.32. The van der Waals surface area contributed by atoms with Crippen molar-refractivity contribution in [1.82, 2.24) is 9.80 Å². The van der Waals surface area contributed by atoms with Crippen LogP contribution < -0.4 is 5.73 Å². The van der Waals surface area contributed by atoms with Gasteiger partial charge < -0.3 is 20.3 Å². The Morgan fingerprint density at radius 1 is 1.44 bits per heavy atom. The number of methoxy groups -OCH3 is 1. The highest BCUT2D eigenvalue weighted by atomic mass is 16.5. The summed E-state index contributed by atoms with van der Waals surface area (Å²) in [5.41, 5.74) is 6.14. The van der Waals surface area contributed by atoms with Crippen molar-refractivity contribution in [2.24, 2.45) is 10.7 Å². The summed E-state index contributed by atoms with van der Waals surface area (Å²) in [6.45, 7) is 4.69. The van der Waals surface area contributed by atoms with E-state index in [1.54, 1.807) is 7.11 Å². The number of nitrogens with zero attached hydrogens (tertiary/aromatic N) is 3. The maximum absolute atomic E-state index is 5.97. The van der Waals surface area contributed by atoms with E-state index in [9.17, 15) is 0 Å². The lowest BCUT2D eigenvalue weighted by Gasteiger charge is -2.44. The molecular weight excluding hydrogens is 204 g/mol. The van der Waals surface area contributed by atoms with E-state index >= 15 is 0 Å². The maximum Gasteiger partial charge on any atom is 0.191 e. The van der Waals surface area contributed by atoms with E-state index < -0.39 is 0 Å². The van der Waals surface area contributed by atoms with Crippen LogP contribution >= 0.6 is 0 Å². The van der Waals surface area contributed by atoms with Gasteiger partial charge in [-0.05, 0) is 19.9 Å². The molecule has 2 rings (SSSR count). The summed E-state index contributed by atoms with van der Waals surface area (Å²) >= 11 is 0. The van der Waals surface area contributed by atoms with Crippen molar-refractivity contribution in [3.63, 3.8) is 0 Å². The molecule has 2 aliphatic rings. The zero-order valence-corrected chi connectivity index (χ0v) is 10.3. The number of piperidine rings is 1. The van der Waals surface area contributed by atoms with Gasteiger partial charge >= 0.3 is 0 Å². The molecule has 0 atom stereocenters. The number of rotatable bonds is 3. The predicted octanol–water partition coefficient (Wildman–Crippen LogP) is -0.272. The average molecular weight is 226 g/mol. The van der Waals surface area contributed by atoms with Gasteiger partial charge in [0.05, 0.1) is 18.7 Å². The standard InChI is InChI=1S/C11H22N4O/c1-14-5-3-11(4-6-14)9-13-10(12)15(11)7-8-16-2/h3-9H2,1-2H3,(H2,12,13). The first kappa shape index (κ1) is 11.7. The van der Waals surface area contributed by atoms with E-state index in [2.05, 4.69) is 21.8 Å². The fraction of sp³-hybridized carbons (Fsp3) is 0.909. The summed E-state index contributed by atoms with van der Waals surface area (Å²) in [4.78, 5) is 9.04. The number of ether oxygens (including phenoxy) is 1. The van der Waals surface area contributed by atoms with Crippen LogP contribution in [0.2, 0.25) is 0 Å². The summed E-state index contributed by atoms with van der Waals surface area (Å²) in [5.74, 6) is 0.696. The Bertz CT molecular complexity index is 271. The monoisotopic (exact) mass is 226 g/mol. The van der Waals surface area contributed by atoms with Crippen LogP contribution in [0.5, 0.6) is 0 Å². The molecule has 0 saturated carbocycles. The topological polar surface area (TPSA) is 54.1 Å². The zero-order valence-electron chi connectivity index (χ0n) is 10.3. The number of hydrogen-bond donors (Lipinski definition) is 1. The molecular formula is C11H22N4O. The quantitative estimate of drug-likeness (QED) is 0.719. The average Bonchev–Trinajstić information content (AvgIpc) is 2.58. The first-order valence-corrected chi connectivity index (χ1v) is 5.93. The van der Waals surface area contributed by atoms with Gasteiger partial charge in [0.2, 0.25) is 0 Å². The van der Waals surface area contributed by atoms with E-state index in [1.165, 1.54) is 0 Å². The van der Waals surface area contributed by atoms with Gasteiger partial charge in [-0.25, -0.2) is 0 Å². The van der Waals surface area contributed by atoms with Gasteiger partial charge in [-0.15, -0.1) is 0 Å². The first-order chi connectivity index (χ1) is 7.68. The minimum atomic E-state index is 0.176. The molecule has 1 saturated heterocycles. The van der Waals surface area contributed by atoms with E-state index in [0.29, 0.717) is 12.6 Å². The van der Waals surface area contributed by atoms with E-state index in [1.807, 2.05) is 0 Å². The number of nitrogens with two attached hydrogens (primary N) is 1. The molecule has 16 heavy (non-hydrogen) atoms. The lowest BCUT2D eigenvalue weighted by molar-refractivity contribution is 0.0765. The van der Waals surface area contributed by atoms with Crippen molar-refractivity contribution < 1.29 is 4.74 Å². The smallest absolute Gasteiger partial charge is 0.191 e. The van der Waals surface area contributed by atoms with Crippen LogP contribution in [0.4, 0.5) is 0 Å². The van der Waals surface area contributed by atoms with Gasteiger partial charge in [0, 0.05) is 26.7 Å². The van der Waals surface area contributed by atoms with Gasteiger partial charge in [0.1, 0.15) is 0 Å². The van der Waals surface area contributed by atoms with Crippen molar-refractivity contribution >= 4 is 5.96 Å². The Kier molecular flexibility index (Phi) is 3.35. The van der Waals surface area contributed by atoms with Crippen molar-refractivity contribution in [2.45, 2.75) is 18.4 Å². The van der Waals surface area contributed by atoms with Crippen LogP contribution in [0.1, 0.15) is 12.8 Å². The molecule has 0 aliphatic carbocycles. The minimum Gasteiger partial charge on any atom is -0.383 e. The molecule has 0 aromatic heterocycles. The number of likely N-dealkylation sites (tertiary alicyclic amines) is 1. The van der Waals surface area contributed by atoms with Crippen molar-refractivity contribution in [3.05, 3.63) is 0 Å². The van der Waals surface area contributed by atoms with E-state index in [4.69, 9.17) is 10.5 Å². The molecule has 92 valence electrons. The summed E-state index contributed by atoms with van der Waals surface area (Å²) in [5, 5.41) is 0. The van der Waals surface area contributed by atoms with Crippen LogP contribution in [0.15, 0.2) is 4.99 Å². The second-order valence-electron chi connectivity index (χ2n) is 4.85. The summed E-state index contributed by atoms with van der Waals surface area (Å²) in [7, 11) is 3.90. The molecule has 5 nitrogen and oxygen atoms in total. The van der Waals surface area contributed by atoms with Crippen LogP contribution in [0.25, 0.3) is 0 Å². The molecule has 0 amide bonds. The molecule has 1 fully saturated rings. The zero-order chi connectivity index (χ0) is 11.6. The Hall–Kier alpha value is -0.810. The first-order valence-electron chi connectivity index (χ1n) is 5.93. The molecule has 5 heteroatoms. The van der Waals surface area contributed by atoms with E-state index in [0.717, 1.165) is 39.0 Å². The Balaban J connectivity index is 2.03. The fourth-order valence-corrected chi connectivity index (χ4v) is 2.64. The van der Waals surface area contributed by atoms with Gasteiger partial charge in [-0.1, -0.05) is 0 Å². The molecule has 2 N–H and O–H groups in total. The molecule has 0 bridgehead atoms. The van der Waals surface area contributed by atoms with Crippen LogP contribution in [0.3, 0.4) is 0 Å². The highest BCUT2D eigenvalue weighted by Gasteiger charge is 2.43.